The van der Waals surface area contributed by atoms with Gasteiger partial charge in [-0.1, -0.05) is 90.4 Å². The summed E-state index contributed by atoms with van der Waals surface area (Å²) in [5, 5.41) is 89.8. The topological polar surface area (TPSA) is 256 Å². The smallest absolute Gasteiger partial charge is 0.186 e. The third-order valence-electron chi connectivity index (χ3n) is 10.3. The summed E-state index contributed by atoms with van der Waals surface area (Å²) in [7, 11) is 0. The highest BCUT2D eigenvalue weighted by Gasteiger charge is 2.46. The largest absolute Gasteiger partial charge is 0.396 e. The van der Waals surface area contributed by atoms with Crippen molar-refractivity contribution < 1.29 is 83.9 Å². The van der Waals surface area contributed by atoms with Crippen molar-refractivity contribution in [3.63, 3.8) is 0 Å². The second-order valence-electron chi connectivity index (χ2n) is 15.2. The van der Waals surface area contributed by atoms with E-state index in [1.807, 2.05) is 0 Å². The van der Waals surface area contributed by atoms with Crippen molar-refractivity contribution in [3.8, 4) is 0 Å². The fourth-order valence-corrected chi connectivity index (χ4v) is 6.57. The highest BCUT2D eigenvalue weighted by molar-refractivity contribution is 4.90. The third kappa shape index (κ3) is 19.6. The molecule has 334 valence electrons. The zero-order chi connectivity index (χ0) is 41.0. The summed E-state index contributed by atoms with van der Waals surface area (Å²) in [6.45, 7) is 2.08. The van der Waals surface area contributed by atoms with Crippen LogP contribution in [-0.4, -0.2) is 193 Å². The lowest BCUT2D eigenvalue weighted by atomic mass is 9.92. The second-order valence-corrected chi connectivity index (χ2v) is 15.2. The molecule has 2 aliphatic rings. The molecule has 1 unspecified atom stereocenters. The van der Waals surface area contributed by atoms with E-state index in [0.717, 1.165) is 19.3 Å². The fraction of sp³-hybridized carbons (Fsp3) is 1.00. The zero-order valence-corrected chi connectivity index (χ0v) is 33.7. The molecule has 17 heteroatoms. The molecule has 0 bridgehead atoms. The molecule has 2 fully saturated rings. The van der Waals surface area contributed by atoms with E-state index in [1.165, 1.54) is 70.6 Å². The monoisotopic (exact) mass is 817 g/mol. The molecule has 2 heterocycles. The molecular weight excluding hydrogens is 740 g/mol. The van der Waals surface area contributed by atoms with Crippen molar-refractivity contribution in [1.29, 1.82) is 0 Å². The van der Waals surface area contributed by atoms with Gasteiger partial charge in [0.25, 0.3) is 0 Å². The molecule has 0 aliphatic carbocycles. The van der Waals surface area contributed by atoms with Crippen molar-refractivity contribution in [2.24, 2.45) is 5.41 Å². The number of aliphatic hydroxyl groups excluding tert-OH is 9. The van der Waals surface area contributed by atoms with Crippen LogP contribution in [0, 0.1) is 5.41 Å². The van der Waals surface area contributed by atoms with Crippen LogP contribution in [0.4, 0.5) is 0 Å². The Morgan fingerprint density at radius 3 is 1.25 bits per heavy atom. The Kier molecular flexibility index (Phi) is 28.7. The van der Waals surface area contributed by atoms with Crippen LogP contribution < -0.4 is 0 Å². The van der Waals surface area contributed by atoms with E-state index in [0.29, 0.717) is 6.61 Å². The van der Waals surface area contributed by atoms with Gasteiger partial charge in [-0.25, -0.2) is 0 Å². The molecule has 0 amide bonds. The van der Waals surface area contributed by atoms with E-state index in [4.69, 9.17) is 37.9 Å². The number of hydrogen-bond donors (Lipinski definition) is 9. The maximum atomic E-state index is 10.5. The number of ether oxygens (including phenoxy) is 8. The quantitative estimate of drug-likeness (QED) is 0.0386. The van der Waals surface area contributed by atoms with Crippen LogP contribution in [-0.2, 0) is 37.9 Å². The summed E-state index contributed by atoms with van der Waals surface area (Å²) < 4.78 is 44.8. The van der Waals surface area contributed by atoms with Crippen LogP contribution in [0.15, 0.2) is 0 Å². The lowest BCUT2D eigenvalue weighted by Gasteiger charge is -2.41. The minimum atomic E-state index is -1.60. The zero-order valence-electron chi connectivity index (χ0n) is 33.7. The normalized spacial score (nSPS) is 29.5. The van der Waals surface area contributed by atoms with Gasteiger partial charge in [-0.2, -0.15) is 0 Å². The molecule has 2 aliphatic heterocycles. The SMILES string of the molecule is CCCCCCCCCCCCCCCCOCC(CO)(COCCOCCOCCO[C@H]1O[C@H](CO)[C@@H](O)[C@H](O)[C@@H]1O)CO[C@H]1O[C@H](CO)[C@@H](O)[C@H](O)[C@@H]1O. The van der Waals surface area contributed by atoms with Gasteiger partial charge in [-0.05, 0) is 6.42 Å². The first-order valence-corrected chi connectivity index (χ1v) is 20.9. The minimum absolute atomic E-state index is 0.00874. The number of aliphatic hydroxyl groups is 9. The maximum Gasteiger partial charge on any atom is 0.186 e. The van der Waals surface area contributed by atoms with E-state index < -0.39 is 80.0 Å². The third-order valence-corrected chi connectivity index (χ3v) is 10.3. The Balaban J connectivity index is 1.67. The summed E-state index contributed by atoms with van der Waals surface area (Å²) in [6, 6.07) is 0. The molecule has 0 aromatic rings. The Bertz CT molecular complexity index is 919. The van der Waals surface area contributed by atoms with Crippen molar-refractivity contribution in [3.05, 3.63) is 0 Å². The Hall–Kier alpha value is -0.680. The first-order valence-electron chi connectivity index (χ1n) is 20.9. The molecular formula is C39H76O17. The molecule has 2 saturated heterocycles. The minimum Gasteiger partial charge on any atom is -0.396 e. The highest BCUT2D eigenvalue weighted by Crippen LogP contribution is 2.26. The molecule has 0 radical (unpaired) electrons. The fourth-order valence-electron chi connectivity index (χ4n) is 6.57. The summed E-state index contributed by atoms with van der Waals surface area (Å²) in [6.07, 6.45) is 3.50. The summed E-state index contributed by atoms with van der Waals surface area (Å²) in [4.78, 5) is 0. The summed E-state index contributed by atoms with van der Waals surface area (Å²) in [5.41, 5.74) is -1.06. The van der Waals surface area contributed by atoms with Crippen LogP contribution >= 0.6 is 0 Å². The number of unbranched alkanes of at least 4 members (excludes halogenated alkanes) is 13. The molecule has 2 rings (SSSR count). The van der Waals surface area contributed by atoms with Gasteiger partial charge in [-0.3, -0.25) is 0 Å². The molecule has 0 saturated carbocycles. The summed E-state index contributed by atoms with van der Waals surface area (Å²) in [5.74, 6) is 0. The molecule has 0 aromatic heterocycles. The van der Waals surface area contributed by atoms with Crippen molar-refractivity contribution in [2.45, 2.75) is 158 Å². The first kappa shape index (κ1) is 51.5. The standard InChI is InChI=1S/C39H76O17/c1-2-3-4-5-6-7-8-9-10-11-12-13-14-15-16-51-26-39(25-42,28-54-38-36(48)34(46)32(44)30(24-41)56-38)27-52-20-19-49-17-18-50-21-22-53-37-35(47)33(45)31(43)29(23-40)55-37/h29-38,40-48H,2-28H2,1H3/t29-,30-,31-,32-,33+,34+,35+,36+,37+,38+,39?/m1/s1. The first-order chi connectivity index (χ1) is 27.1. The van der Waals surface area contributed by atoms with E-state index in [2.05, 4.69) is 6.92 Å². The average molecular weight is 817 g/mol. The molecule has 9 N–H and O–H groups in total. The van der Waals surface area contributed by atoms with Gasteiger partial charge in [-0.15, -0.1) is 0 Å². The average Bonchev–Trinajstić information content (AvgIpc) is 3.21. The van der Waals surface area contributed by atoms with Crippen LogP contribution in [0.2, 0.25) is 0 Å². The predicted octanol–water partition coefficient (Wildman–Crippen LogP) is 0.146. The van der Waals surface area contributed by atoms with Gasteiger partial charge in [0.05, 0.1) is 84.7 Å². The summed E-state index contributed by atoms with van der Waals surface area (Å²) >= 11 is 0. The van der Waals surface area contributed by atoms with Crippen LogP contribution in [0.25, 0.3) is 0 Å². The highest BCUT2D eigenvalue weighted by atomic mass is 16.7. The van der Waals surface area contributed by atoms with E-state index >= 15 is 0 Å². The Morgan fingerprint density at radius 2 is 0.804 bits per heavy atom. The van der Waals surface area contributed by atoms with Gasteiger partial charge in [0.2, 0.25) is 0 Å². The lowest BCUT2D eigenvalue weighted by Crippen LogP contribution is -2.59. The van der Waals surface area contributed by atoms with Crippen molar-refractivity contribution >= 4 is 0 Å². The predicted molar refractivity (Wildman–Crippen MR) is 203 cm³/mol. The molecule has 56 heavy (non-hydrogen) atoms. The molecule has 17 nitrogen and oxygen atoms in total. The Labute approximate surface area is 333 Å². The van der Waals surface area contributed by atoms with Crippen LogP contribution in [0.3, 0.4) is 0 Å². The van der Waals surface area contributed by atoms with Crippen LogP contribution in [0.1, 0.15) is 96.8 Å². The van der Waals surface area contributed by atoms with Gasteiger partial charge in [0.1, 0.15) is 48.8 Å². The van der Waals surface area contributed by atoms with Gasteiger partial charge in [0, 0.05) is 6.61 Å². The van der Waals surface area contributed by atoms with Crippen molar-refractivity contribution in [2.75, 3.05) is 85.9 Å². The van der Waals surface area contributed by atoms with Crippen LogP contribution in [0.5, 0.6) is 0 Å². The molecule has 11 atom stereocenters. The maximum absolute atomic E-state index is 10.5. The van der Waals surface area contributed by atoms with E-state index in [1.54, 1.807) is 0 Å². The number of hydrogen-bond acceptors (Lipinski definition) is 17. The van der Waals surface area contributed by atoms with Gasteiger partial charge < -0.3 is 83.9 Å². The second kappa shape index (κ2) is 31.2. The molecule has 0 spiro atoms. The lowest BCUT2D eigenvalue weighted by molar-refractivity contribution is -0.309. The number of rotatable bonds is 35. The Morgan fingerprint density at radius 1 is 0.411 bits per heavy atom. The van der Waals surface area contributed by atoms with Crippen molar-refractivity contribution in [1.82, 2.24) is 0 Å². The van der Waals surface area contributed by atoms with E-state index in [9.17, 15) is 46.0 Å². The van der Waals surface area contributed by atoms with E-state index in [-0.39, 0.29) is 66.1 Å². The molecule has 0 aromatic carbocycles. The van der Waals surface area contributed by atoms with Gasteiger partial charge in [0.15, 0.2) is 12.6 Å². The van der Waals surface area contributed by atoms with Gasteiger partial charge >= 0.3 is 0 Å².